The first-order chi connectivity index (χ1) is 9.34. The fourth-order valence-corrected chi connectivity index (χ4v) is 2.47. The van der Waals surface area contributed by atoms with Crippen LogP contribution in [0, 0.1) is 5.92 Å². The minimum atomic E-state index is 0.158. The Balaban J connectivity index is 1.53. The summed E-state index contributed by atoms with van der Waals surface area (Å²) in [5.74, 6) is 0.751. The Morgan fingerprint density at radius 3 is 2.32 bits per heavy atom. The molecule has 2 nitrogen and oxygen atoms in total. The van der Waals surface area contributed by atoms with E-state index in [2.05, 4.69) is 17.4 Å². The van der Waals surface area contributed by atoms with Crippen LogP contribution in [0.4, 0.5) is 0 Å². The Labute approximate surface area is 113 Å². The number of amides is 1. The first kappa shape index (κ1) is 12.0. The number of benzene rings is 2. The van der Waals surface area contributed by atoms with Crippen molar-refractivity contribution in [3.8, 4) is 0 Å². The van der Waals surface area contributed by atoms with Gasteiger partial charge < -0.3 is 5.32 Å². The molecule has 1 aliphatic rings. The van der Waals surface area contributed by atoms with Crippen molar-refractivity contribution in [3.05, 3.63) is 71.8 Å². The molecule has 2 atom stereocenters. The number of hydrogen-bond acceptors (Lipinski definition) is 1. The highest BCUT2D eigenvalue weighted by atomic mass is 16.2. The predicted octanol–water partition coefficient (Wildman–Crippen LogP) is 3.11. The summed E-state index contributed by atoms with van der Waals surface area (Å²) in [7, 11) is 0. The van der Waals surface area contributed by atoms with Gasteiger partial charge in [0.15, 0.2) is 0 Å². The second kappa shape index (κ2) is 5.27. The quantitative estimate of drug-likeness (QED) is 0.888. The summed E-state index contributed by atoms with van der Waals surface area (Å²) in [6, 6.07) is 20.3. The van der Waals surface area contributed by atoms with Gasteiger partial charge in [0, 0.05) is 12.5 Å². The lowest BCUT2D eigenvalue weighted by Crippen LogP contribution is -2.24. The zero-order valence-electron chi connectivity index (χ0n) is 10.8. The van der Waals surface area contributed by atoms with E-state index >= 15 is 0 Å². The van der Waals surface area contributed by atoms with Crippen LogP contribution in [-0.2, 0) is 11.3 Å². The van der Waals surface area contributed by atoms with E-state index in [1.54, 1.807) is 0 Å². The van der Waals surface area contributed by atoms with Crippen LogP contribution in [0.1, 0.15) is 23.5 Å². The summed E-state index contributed by atoms with van der Waals surface area (Å²) in [5, 5.41) is 3.02. The molecule has 0 unspecified atom stereocenters. The molecule has 1 N–H and O–H groups in total. The normalized spacial score (nSPS) is 20.8. The molecular formula is C17H17NO. The van der Waals surface area contributed by atoms with Gasteiger partial charge in [0.2, 0.25) is 5.91 Å². The number of hydrogen-bond donors (Lipinski definition) is 1. The average Bonchev–Trinajstić information content (AvgIpc) is 3.27. The molecule has 0 bridgehead atoms. The maximum atomic E-state index is 12.1. The highest BCUT2D eigenvalue weighted by Gasteiger charge is 2.43. The van der Waals surface area contributed by atoms with Crippen LogP contribution in [0.2, 0.25) is 0 Å². The first-order valence-corrected chi connectivity index (χ1v) is 6.71. The maximum Gasteiger partial charge on any atom is 0.224 e. The van der Waals surface area contributed by atoms with Crippen molar-refractivity contribution in [2.75, 3.05) is 0 Å². The summed E-state index contributed by atoms with van der Waals surface area (Å²) in [6.07, 6.45) is 0.977. The van der Waals surface area contributed by atoms with Crippen molar-refractivity contribution in [3.63, 3.8) is 0 Å². The Kier molecular flexibility index (Phi) is 3.32. The predicted molar refractivity (Wildman–Crippen MR) is 75.6 cm³/mol. The van der Waals surface area contributed by atoms with Crippen molar-refractivity contribution < 1.29 is 4.79 Å². The molecule has 2 aromatic rings. The van der Waals surface area contributed by atoms with Gasteiger partial charge in [0.1, 0.15) is 0 Å². The largest absolute Gasteiger partial charge is 0.352 e. The highest BCUT2D eigenvalue weighted by molar-refractivity contribution is 5.82. The lowest BCUT2D eigenvalue weighted by molar-refractivity contribution is -0.122. The van der Waals surface area contributed by atoms with E-state index in [4.69, 9.17) is 0 Å². The second-order valence-corrected chi connectivity index (χ2v) is 5.06. The van der Waals surface area contributed by atoms with E-state index in [0.29, 0.717) is 12.5 Å². The van der Waals surface area contributed by atoms with E-state index in [0.717, 1.165) is 12.0 Å². The molecule has 1 fully saturated rings. The fourth-order valence-electron chi connectivity index (χ4n) is 2.47. The van der Waals surface area contributed by atoms with Crippen LogP contribution in [0.3, 0.4) is 0 Å². The Bertz CT molecular complexity index is 550. The van der Waals surface area contributed by atoms with E-state index in [-0.39, 0.29) is 11.8 Å². The van der Waals surface area contributed by atoms with Crippen LogP contribution in [0.5, 0.6) is 0 Å². The van der Waals surface area contributed by atoms with E-state index < -0.39 is 0 Å². The van der Waals surface area contributed by atoms with E-state index in [1.165, 1.54) is 5.56 Å². The number of carbonyl (C=O) groups is 1. The molecule has 1 saturated carbocycles. The number of nitrogens with one attached hydrogen (secondary N) is 1. The molecule has 3 rings (SSSR count). The van der Waals surface area contributed by atoms with Gasteiger partial charge >= 0.3 is 0 Å². The Morgan fingerprint density at radius 1 is 1.00 bits per heavy atom. The van der Waals surface area contributed by atoms with Crippen LogP contribution in [-0.4, -0.2) is 5.91 Å². The molecule has 96 valence electrons. The maximum absolute atomic E-state index is 12.1. The molecule has 0 spiro atoms. The zero-order valence-corrected chi connectivity index (χ0v) is 10.8. The number of carbonyl (C=O) groups excluding carboxylic acids is 1. The van der Waals surface area contributed by atoms with Crippen molar-refractivity contribution in [2.45, 2.75) is 18.9 Å². The molecule has 0 saturated heterocycles. The topological polar surface area (TPSA) is 29.1 Å². The molecule has 0 heterocycles. The lowest BCUT2D eigenvalue weighted by atomic mass is 10.1. The van der Waals surface area contributed by atoms with Gasteiger partial charge in [-0.05, 0) is 23.5 Å². The van der Waals surface area contributed by atoms with Crippen LogP contribution < -0.4 is 5.32 Å². The minimum absolute atomic E-state index is 0.158. The van der Waals surface area contributed by atoms with Gasteiger partial charge in [-0.15, -0.1) is 0 Å². The molecule has 19 heavy (non-hydrogen) atoms. The zero-order chi connectivity index (χ0) is 13.1. The van der Waals surface area contributed by atoms with Gasteiger partial charge in [-0.2, -0.15) is 0 Å². The smallest absolute Gasteiger partial charge is 0.224 e. The molecule has 2 aromatic carbocycles. The average molecular weight is 251 g/mol. The molecule has 0 aliphatic heterocycles. The molecular weight excluding hydrogens is 234 g/mol. The van der Waals surface area contributed by atoms with E-state index in [9.17, 15) is 4.79 Å². The summed E-state index contributed by atoms with van der Waals surface area (Å²) in [5.41, 5.74) is 2.43. The second-order valence-electron chi connectivity index (χ2n) is 5.06. The molecule has 1 aliphatic carbocycles. The van der Waals surface area contributed by atoms with Crippen molar-refractivity contribution in [2.24, 2.45) is 5.92 Å². The third-order valence-corrected chi connectivity index (χ3v) is 3.66. The van der Waals surface area contributed by atoms with Gasteiger partial charge in [-0.3, -0.25) is 4.79 Å². The summed E-state index contributed by atoms with van der Waals surface area (Å²) >= 11 is 0. The first-order valence-electron chi connectivity index (χ1n) is 6.71. The molecule has 2 heteroatoms. The van der Waals surface area contributed by atoms with Crippen LogP contribution in [0.15, 0.2) is 60.7 Å². The fraction of sp³-hybridized carbons (Fsp3) is 0.235. The van der Waals surface area contributed by atoms with Gasteiger partial charge in [0.05, 0.1) is 0 Å². The monoisotopic (exact) mass is 251 g/mol. The SMILES string of the molecule is O=C(NCc1ccccc1)[C@@H]1C[C@H]1c1ccccc1. The van der Waals surface area contributed by atoms with Crippen molar-refractivity contribution >= 4 is 5.91 Å². The minimum Gasteiger partial charge on any atom is -0.352 e. The molecule has 0 aromatic heterocycles. The summed E-state index contributed by atoms with van der Waals surface area (Å²) in [4.78, 5) is 12.1. The van der Waals surface area contributed by atoms with Gasteiger partial charge in [-0.1, -0.05) is 60.7 Å². The highest BCUT2D eigenvalue weighted by Crippen LogP contribution is 2.47. The molecule has 1 amide bonds. The Morgan fingerprint density at radius 2 is 1.63 bits per heavy atom. The van der Waals surface area contributed by atoms with Gasteiger partial charge in [-0.25, -0.2) is 0 Å². The van der Waals surface area contributed by atoms with E-state index in [1.807, 2.05) is 48.5 Å². The number of rotatable bonds is 4. The molecule has 0 radical (unpaired) electrons. The van der Waals surface area contributed by atoms with Gasteiger partial charge in [0.25, 0.3) is 0 Å². The van der Waals surface area contributed by atoms with Crippen LogP contribution >= 0.6 is 0 Å². The summed E-state index contributed by atoms with van der Waals surface area (Å²) < 4.78 is 0. The third kappa shape index (κ3) is 2.84. The third-order valence-electron chi connectivity index (χ3n) is 3.66. The Hall–Kier alpha value is -2.09. The standard InChI is InChI=1S/C17H17NO/c19-17(18-12-13-7-3-1-4-8-13)16-11-15(16)14-9-5-2-6-10-14/h1-10,15-16H,11-12H2,(H,18,19)/t15-,16+/m0/s1. The lowest BCUT2D eigenvalue weighted by Gasteiger charge is -2.05. The van der Waals surface area contributed by atoms with Crippen molar-refractivity contribution in [1.82, 2.24) is 5.32 Å². The summed E-state index contributed by atoms with van der Waals surface area (Å²) in [6.45, 7) is 0.623. The van der Waals surface area contributed by atoms with Crippen LogP contribution in [0.25, 0.3) is 0 Å². The van der Waals surface area contributed by atoms with Crippen molar-refractivity contribution in [1.29, 1.82) is 0 Å².